The summed E-state index contributed by atoms with van der Waals surface area (Å²) in [7, 11) is 0. The zero-order valence-electron chi connectivity index (χ0n) is 15.0. The lowest BCUT2D eigenvalue weighted by atomic mass is 10.2. The number of esters is 1. The molecule has 0 fully saturated rings. The summed E-state index contributed by atoms with van der Waals surface area (Å²) in [6.07, 6.45) is -1.27. The molecule has 7 nitrogen and oxygen atoms in total. The molecule has 3 aromatic rings. The van der Waals surface area contributed by atoms with Gasteiger partial charge in [0.2, 0.25) is 0 Å². The van der Waals surface area contributed by atoms with E-state index in [4.69, 9.17) is 4.74 Å². The van der Waals surface area contributed by atoms with Gasteiger partial charge in [-0.3, -0.25) is 4.79 Å². The summed E-state index contributed by atoms with van der Waals surface area (Å²) >= 11 is 0. The van der Waals surface area contributed by atoms with Gasteiger partial charge >= 0.3 is 5.97 Å². The number of para-hydroxylation sites is 1. The van der Waals surface area contributed by atoms with Crippen LogP contribution in [-0.4, -0.2) is 33.0 Å². The fourth-order valence-corrected chi connectivity index (χ4v) is 2.34. The molecule has 1 N–H and O–H groups in total. The number of halogens is 2. The summed E-state index contributed by atoms with van der Waals surface area (Å²) in [5.41, 5.74) is 0.564. The van der Waals surface area contributed by atoms with Gasteiger partial charge in [-0.1, -0.05) is 18.2 Å². The van der Waals surface area contributed by atoms with E-state index < -0.39 is 29.6 Å². The molecule has 1 atom stereocenters. The third-order valence-corrected chi connectivity index (χ3v) is 3.80. The third-order valence-electron chi connectivity index (χ3n) is 3.80. The number of anilines is 1. The molecule has 0 bridgehead atoms. The Morgan fingerprint density at radius 2 is 1.82 bits per heavy atom. The van der Waals surface area contributed by atoms with Crippen LogP contribution in [0.1, 0.15) is 23.1 Å². The highest BCUT2D eigenvalue weighted by Crippen LogP contribution is 2.16. The predicted molar refractivity (Wildman–Crippen MR) is 96.0 cm³/mol. The standard InChI is InChI=1S/C19H16F2N4O3/c1-11-17(24-25(23-11)14-6-4-3-5-7-14)19(27)28-12(2)18(26)22-16-10-13(20)8-9-15(16)21/h3-10,12H,1-2H3,(H,22,26). The highest BCUT2D eigenvalue weighted by molar-refractivity contribution is 5.97. The minimum atomic E-state index is -1.27. The lowest BCUT2D eigenvalue weighted by Gasteiger charge is -2.13. The highest BCUT2D eigenvalue weighted by atomic mass is 19.1. The van der Waals surface area contributed by atoms with Crippen LogP contribution in [0.4, 0.5) is 14.5 Å². The number of carbonyl (C=O) groups is 2. The number of carbonyl (C=O) groups excluding carboxylic acids is 2. The van der Waals surface area contributed by atoms with Crippen molar-refractivity contribution in [1.29, 1.82) is 0 Å². The van der Waals surface area contributed by atoms with E-state index in [1.165, 1.54) is 11.7 Å². The van der Waals surface area contributed by atoms with Crippen LogP contribution in [0.25, 0.3) is 5.69 Å². The van der Waals surface area contributed by atoms with E-state index in [0.29, 0.717) is 11.4 Å². The van der Waals surface area contributed by atoms with Gasteiger partial charge in [0.25, 0.3) is 5.91 Å². The van der Waals surface area contributed by atoms with E-state index in [-0.39, 0.29) is 11.4 Å². The average Bonchev–Trinajstić information content (AvgIpc) is 3.07. The minimum absolute atomic E-state index is 0.0551. The lowest BCUT2D eigenvalue weighted by Crippen LogP contribution is -2.30. The molecule has 0 aliphatic rings. The van der Waals surface area contributed by atoms with Gasteiger partial charge in [0.05, 0.1) is 17.1 Å². The van der Waals surface area contributed by atoms with Gasteiger partial charge in [0.1, 0.15) is 11.6 Å². The lowest BCUT2D eigenvalue weighted by molar-refractivity contribution is -0.123. The summed E-state index contributed by atoms with van der Waals surface area (Å²) in [6.45, 7) is 2.89. The number of hydrogen-bond donors (Lipinski definition) is 1. The minimum Gasteiger partial charge on any atom is -0.448 e. The second-order valence-electron chi connectivity index (χ2n) is 5.92. The second kappa shape index (κ2) is 7.95. The molecule has 144 valence electrons. The Labute approximate surface area is 158 Å². The van der Waals surface area contributed by atoms with Crippen molar-refractivity contribution in [2.45, 2.75) is 20.0 Å². The van der Waals surface area contributed by atoms with Gasteiger partial charge in [-0.15, -0.1) is 5.10 Å². The third kappa shape index (κ3) is 4.20. The molecule has 0 spiro atoms. The molecule has 0 saturated carbocycles. The van der Waals surface area contributed by atoms with E-state index in [2.05, 4.69) is 15.5 Å². The molecule has 1 aromatic heterocycles. The fourth-order valence-electron chi connectivity index (χ4n) is 2.34. The Hall–Kier alpha value is -3.62. The van der Waals surface area contributed by atoms with Gasteiger partial charge in [-0.25, -0.2) is 13.6 Å². The van der Waals surface area contributed by atoms with Crippen LogP contribution in [0.15, 0.2) is 48.5 Å². The summed E-state index contributed by atoms with van der Waals surface area (Å²) in [5, 5.41) is 10.4. The van der Waals surface area contributed by atoms with Crippen LogP contribution in [0.5, 0.6) is 0 Å². The number of rotatable bonds is 5. The zero-order chi connectivity index (χ0) is 20.3. The quantitative estimate of drug-likeness (QED) is 0.681. The monoisotopic (exact) mass is 386 g/mol. The number of ether oxygens (including phenoxy) is 1. The van der Waals surface area contributed by atoms with Gasteiger partial charge in [0, 0.05) is 6.07 Å². The Morgan fingerprint density at radius 3 is 2.54 bits per heavy atom. The number of hydrogen-bond acceptors (Lipinski definition) is 5. The molecule has 2 aromatic carbocycles. The smallest absolute Gasteiger partial charge is 0.361 e. The van der Waals surface area contributed by atoms with Gasteiger partial charge < -0.3 is 10.1 Å². The molecule has 1 amide bonds. The van der Waals surface area contributed by atoms with Crippen LogP contribution < -0.4 is 5.32 Å². The van der Waals surface area contributed by atoms with Crippen molar-refractivity contribution in [3.05, 3.63) is 71.6 Å². The Balaban J connectivity index is 1.69. The molecule has 1 heterocycles. The maximum absolute atomic E-state index is 13.6. The van der Waals surface area contributed by atoms with Crippen LogP contribution in [0, 0.1) is 18.6 Å². The second-order valence-corrected chi connectivity index (χ2v) is 5.92. The normalized spacial score (nSPS) is 11.7. The maximum Gasteiger partial charge on any atom is 0.361 e. The van der Waals surface area contributed by atoms with Crippen molar-refractivity contribution < 1.29 is 23.1 Å². The first kappa shape index (κ1) is 19.2. The first-order valence-corrected chi connectivity index (χ1v) is 8.31. The van der Waals surface area contributed by atoms with E-state index in [9.17, 15) is 18.4 Å². The van der Waals surface area contributed by atoms with Crippen molar-refractivity contribution in [2.75, 3.05) is 5.32 Å². The van der Waals surface area contributed by atoms with Crippen LogP contribution in [-0.2, 0) is 9.53 Å². The Kier molecular flexibility index (Phi) is 5.44. The van der Waals surface area contributed by atoms with E-state index >= 15 is 0 Å². The Morgan fingerprint density at radius 1 is 1.11 bits per heavy atom. The van der Waals surface area contributed by atoms with Crippen LogP contribution in [0.2, 0.25) is 0 Å². The molecule has 0 aliphatic carbocycles. The SMILES string of the molecule is Cc1nn(-c2ccccc2)nc1C(=O)OC(C)C(=O)Nc1cc(F)ccc1F. The van der Waals surface area contributed by atoms with Gasteiger partial charge in [-0.05, 0) is 38.1 Å². The van der Waals surface area contributed by atoms with Gasteiger partial charge in [0.15, 0.2) is 11.8 Å². The van der Waals surface area contributed by atoms with Crippen LogP contribution >= 0.6 is 0 Å². The number of aryl methyl sites for hydroxylation is 1. The molecule has 9 heteroatoms. The van der Waals surface area contributed by atoms with Crippen molar-refractivity contribution in [3.8, 4) is 5.69 Å². The average molecular weight is 386 g/mol. The first-order valence-electron chi connectivity index (χ1n) is 8.31. The molecule has 0 saturated heterocycles. The van der Waals surface area contributed by atoms with E-state index in [0.717, 1.165) is 18.2 Å². The fraction of sp³-hybridized carbons (Fsp3) is 0.158. The van der Waals surface area contributed by atoms with Crippen molar-refractivity contribution in [1.82, 2.24) is 15.0 Å². The largest absolute Gasteiger partial charge is 0.448 e. The summed E-state index contributed by atoms with van der Waals surface area (Å²) in [4.78, 5) is 25.8. The number of benzene rings is 2. The summed E-state index contributed by atoms with van der Waals surface area (Å²) in [5.74, 6) is -3.20. The number of aromatic nitrogens is 3. The van der Waals surface area contributed by atoms with Crippen LogP contribution in [0.3, 0.4) is 0 Å². The molecule has 28 heavy (non-hydrogen) atoms. The number of amides is 1. The summed E-state index contributed by atoms with van der Waals surface area (Å²) < 4.78 is 31.9. The van der Waals surface area contributed by atoms with Crippen molar-refractivity contribution >= 4 is 17.6 Å². The zero-order valence-corrected chi connectivity index (χ0v) is 15.0. The molecular formula is C19H16F2N4O3. The van der Waals surface area contributed by atoms with E-state index in [1.807, 2.05) is 6.07 Å². The molecular weight excluding hydrogens is 370 g/mol. The van der Waals surface area contributed by atoms with E-state index in [1.54, 1.807) is 31.2 Å². The summed E-state index contributed by atoms with van der Waals surface area (Å²) in [6, 6.07) is 11.6. The van der Waals surface area contributed by atoms with Crippen molar-refractivity contribution in [2.24, 2.45) is 0 Å². The molecule has 0 radical (unpaired) electrons. The molecule has 1 unspecified atom stereocenters. The first-order chi connectivity index (χ1) is 13.3. The predicted octanol–water partition coefficient (Wildman–Crippen LogP) is 3.04. The van der Waals surface area contributed by atoms with Gasteiger partial charge in [-0.2, -0.15) is 9.90 Å². The highest BCUT2D eigenvalue weighted by Gasteiger charge is 2.24. The number of nitrogens with one attached hydrogen (secondary N) is 1. The molecule has 0 aliphatic heterocycles. The molecule has 3 rings (SSSR count). The van der Waals surface area contributed by atoms with Crippen molar-refractivity contribution in [3.63, 3.8) is 0 Å². The Bertz CT molecular complexity index is 1020. The topological polar surface area (TPSA) is 86.1 Å². The number of nitrogens with zero attached hydrogens (tertiary/aromatic N) is 3. The maximum atomic E-state index is 13.6.